The van der Waals surface area contributed by atoms with Crippen LogP contribution in [0.2, 0.25) is 18.1 Å². The highest BCUT2D eigenvalue weighted by Gasteiger charge is 2.72. The van der Waals surface area contributed by atoms with Crippen molar-refractivity contribution in [3.8, 4) is 0 Å². The second kappa shape index (κ2) is 12.0. The van der Waals surface area contributed by atoms with E-state index in [1.54, 1.807) is 0 Å². The van der Waals surface area contributed by atoms with Gasteiger partial charge in [0.1, 0.15) is 30.4 Å². The summed E-state index contributed by atoms with van der Waals surface area (Å²) >= 11 is 3.07. The Morgan fingerprint density at radius 1 is 1.04 bits per heavy atom. The number of aliphatic imine (C=N–C) groups is 1. The number of carbonyl (C=O) groups is 1. The van der Waals surface area contributed by atoms with E-state index in [1.807, 2.05) is 59.3 Å². The van der Waals surface area contributed by atoms with E-state index in [1.165, 1.54) is 22.7 Å². The lowest BCUT2D eigenvalue weighted by Crippen LogP contribution is -2.63. The van der Waals surface area contributed by atoms with Crippen molar-refractivity contribution in [3.05, 3.63) is 74.6 Å². The third-order valence-electron chi connectivity index (χ3n) is 10.6. The van der Waals surface area contributed by atoms with Crippen LogP contribution in [-0.2, 0) is 30.8 Å². The van der Waals surface area contributed by atoms with E-state index in [0.717, 1.165) is 19.8 Å². The molecule has 0 radical (unpaired) electrons. The normalized spacial score (nSPS) is 28.2. The number of carbonyl (C=O) groups excluding carboxylic acids is 1. The van der Waals surface area contributed by atoms with Crippen LogP contribution < -0.4 is 10.8 Å². The number of morpholine rings is 1. The van der Waals surface area contributed by atoms with Gasteiger partial charge >= 0.3 is 5.97 Å². The van der Waals surface area contributed by atoms with Crippen molar-refractivity contribution in [1.82, 2.24) is 0 Å². The summed E-state index contributed by atoms with van der Waals surface area (Å²) in [5, 5.41) is 16.8. The smallest absolute Gasteiger partial charge is 0.348 e. The van der Waals surface area contributed by atoms with Crippen LogP contribution in [0.1, 0.15) is 55.4 Å². The zero-order chi connectivity index (χ0) is 32.2. The predicted octanol–water partition coefficient (Wildman–Crippen LogP) is 5.68. The molecular weight excluding hydrogens is 623 g/mol. The Morgan fingerprint density at radius 3 is 2.11 bits per heavy atom. The Kier molecular flexibility index (Phi) is 8.69. The number of quaternary nitrogens is 1. The van der Waals surface area contributed by atoms with Gasteiger partial charge in [0.05, 0.1) is 29.0 Å². The van der Waals surface area contributed by atoms with Gasteiger partial charge in [-0.25, -0.2) is 4.79 Å². The zero-order valence-corrected chi connectivity index (χ0v) is 29.7. The number of hydrogen-bond acceptors (Lipinski definition) is 9. The lowest BCUT2D eigenvalue weighted by Gasteiger charge is -2.49. The van der Waals surface area contributed by atoms with Gasteiger partial charge in [0.25, 0.3) is 0 Å². The van der Waals surface area contributed by atoms with Crippen LogP contribution in [0.4, 0.5) is 5.69 Å². The number of thiophene rings is 2. The zero-order valence-electron chi connectivity index (χ0n) is 27.0. The van der Waals surface area contributed by atoms with Crippen LogP contribution in [0.3, 0.4) is 0 Å². The van der Waals surface area contributed by atoms with Crippen LogP contribution >= 0.6 is 22.7 Å². The molecule has 11 heteroatoms. The summed E-state index contributed by atoms with van der Waals surface area (Å²) in [6.45, 7) is 12.1. The highest BCUT2D eigenvalue weighted by molar-refractivity contribution is 7.12. The molecule has 3 aliphatic rings. The fourth-order valence-electron chi connectivity index (χ4n) is 6.92. The van der Waals surface area contributed by atoms with Gasteiger partial charge in [-0.3, -0.25) is 4.99 Å². The number of ether oxygens (including phenoxy) is 2. The quantitative estimate of drug-likeness (QED) is 0.0704. The van der Waals surface area contributed by atoms with E-state index in [9.17, 15) is 9.90 Å². The number of epoxide rings is 1. The molecular formula is C34H45N3O5S2Si. The molecule has 2 bridgehead atoms. The first-order valence-electron chi connectivity index (χ1n) is 15.8. The summed E-state index contributed by atoms with van der Waals surface area (Å²) < 4.78 is 20.5. The van der Waals surface area contributed by atoms with E-state index < -0.39 is 13.9 Å². The Bertz CT molecular complexity index is 1470. The van der Waals surface area contributed by atoms with Gasteiger partial charge in [0.15, 0.2) is 8.32 Å². The van der Waals surface area contributed by atoms with Gasteiger partial charge in [-0.1, -0.05) is 45.0 Å². The van der Waals surface area contributed by atoms with Crippen molar-refractivity contribution in [2.75, 3.05) is 13.6 Å². The summed E-state index contributed by atoms with van der Waals surface area (Å²) in [5.74, 6) is -0.459. The first-order chi connectivity index (χ1) is 21.3. The minimum absolute atomic E-state index is 0.105. The molecule has 8 nitrogen and oxygen atoms in total. The van der Waals surface area contributed by atoms with E-state index in [0.29, 0.717) is 38.0 Å². The van der Waals surface area contributed by atoms with E-state index >= 15 is 0 Å². The number of benzene rings is 1. The Hall–Kier alpha value is -2.38. The predicted molar refractivity (Wildman–Crippen MR) is 180 cm³/mol. The maximum atomic E-state index is 14.6. The molecule has 0 saturated carbocycles. The number of nitrogens with zero attached hydrogens (tertiary/aromatic N) is 2. The van der Waals surface area contributed by atoms with Crippen LogP contribution in [-0.4, -0.2) is 68.7 Å². The summed E-state index contributed by atoms with van der Waals surface area (Å²) in [6, 6.07) is 15.7. The molecule has 4 atom stereocenters. The SMILES string of the molecule is CC(C)(C)[Si](C)(C)OC(C(=O)OC1CC2C3OC3C(C1)[N+]2(C)CCC([O-])=Nc1ccc(CN)cc1)(c1cccs1)c1cccs1. The molecule has 3 saturated heterocycles. The molecule has 0 spiro atoms. The molecule has 5 heterocycles. The standard InChI is InChI=1S/C34H45N3O5S2Si/c1-33(2,3)45(5,6)42-34(27-9-7-17-43-27,28-10-8-18-44-28)32(39)40-24-19-25-30-31(41-30)26(20-24)37(25,4)16-15-29(38)36-23-13-11-22(21-35)12-14-23/h7-14,17-18,24-26,30-31H,15-16,19-21,35H2,1-6H3. The van der Waals surface area contributed by atoms with Gasteiger partial charge in [0.2, 0.25) is 5.60 Å². The summed E-state index contributed by atoms with van der Waals surface area (Å²) in [7, 11) is -0.204. The minimum Gasteiger partial charge on any atom is -0.862 e. The van der Waals surface area contributed by atoms with Crippen molar-refractivity contribution >= 4 is 48.5 Å². The summed E-state index contributed by atoms with van der Waals surface area (Å²) in [6.07, 6.45) is 1.77. The summed E-state index contributed by atoms with van der Waals surface area (Å²) in [4.78, 5) is 20.7. The molecule has 45 heavy (non-hydrogen) atoms. The van der Waals surface area contributed by atoms with Gasteiger partial charge in [0, 0.05) is 25.8 Å². The molecule has 3 fully saturated rings. The van der Waals surface area contributed by atoms with Gasteiger partial charge in [-0.15, -0.1) is 22.7 Å². The van der Waals surface area contributed by atoms with Crippen LogP contribution in [0.25, 0.3) is 0 Å². The highest BCUT2D eigenvalue weighted by Crippen LogP contribution is 2.54. The number of rotatable bonds is 11. The maximum Gasteiger partial charge on any atom is 0.348 e. The maximum absolute atomic E-state index is 14.6. The molecule has 1 aromatic carbocycles. The highest BCUT2D eigenvalue weighted by atomic mass is 32.1. The van der Waals surface area contributed by atoms with Crippen LogP contribution in [0, 0.1) is 0 Å². The fourth-order valence-corrected chi connectivity index (χ4v) is 10.2. The average Bonchev–Trinajstić information content (AvgIpc) is 3.29. The van der Waals surface area contributed by atoms with E-state index in [-0.39, 0.29) is 47.3 Å². The van der Waals surface area contributed by atoms with Crippen molar-refractivity contribution in [3.63, 3.8) is 0 Å². The average molecular weight is 668 g/mol. The third kappa shape index (κ3) is 5.97. The molecule has 3 aliphatic heterocycles. The van der Waals surface area contributed by atoms with Crippen molar-refractivity contribution < 1.29 is 28.3 Å². The first-order valence-corrected chi connectivity index (χ1v) is 20.5. The Labute approximate surface area is 275 Å². The minimum atomic E-state index is -2.43. The second-order valence-electron chi connectivity index (χ2n) is 14.4. The monoisotopic (exact) mass is 667 g/mol. The Morgan fingerprint density at radius 2 is 1.62 bits per heavy atom. The molecule has 2 aromatic heterocycles. The lowest BCUT2D eigenvalue weighted by atomic mass is 9.94. The fraction of sp³-hybridized carbons (Fsp3) is 0.529. The molecule has 4 unspecified atom stereocenters. The molecule has 0 amide bonds. The number of hydrogen-bond donors (Lipinski definition) is 1. The molecule has 2 N–H and O–H groups in total. The largest absolute Gasteiger partial charge is 0.862 e. The number of esters is 1. The topological polar surface area (TPSA) is 110 Å². The number of nitrogens with two attached hydrogens (primary N) is 1. The van der Waals surface area contributed by atoms with Crippen LogP contribution in [0.5, 0.6) is 0 Å². The van der Waals surface area contributed by atoms with Gasteiger partial charge < -0.3 is 29.2 Å². The van der Waals surface area contributed by atoms with Gasteiger partial charge in [-0.05, 0) is 64.6 Å². The lowest BCUT2D eigenvalue weighted by molar-refractivity contribution is -0.955. The van der Waals surface area contributed by atoms with Crippen molar-refractivity contribution in [2.24, 2.45) is 10.7 Å². The van der Waals surface area contributed by atoms with Crippen LogP contribution in [0.15, 0.2) is 64.3 Å². The number of likely N-dealkylation sites (N-methyl/N-ethyl adjacent to an activating group) is 1. The molecule has 6 rings (SSSR count). The third-order valence-corrected chi connectivity index (χ3v) is 17.0. The molecule has 0 aliphatic carbocycles. The second-order valence-corrected chi connectivity index (χ2v) is 21.0. The van der Waals surface area contributed by atoms with Gasteiger partial charge in [-0.2, -0.15) is 0 Å². The van der Waals surface area contributed by atoms with E-state index in [4.69, 9.17) is 19.6 Å². The molecule has 242 valence electrons. The van der Waals surface area contributed by atoms with E-state index in [2.05, 4.69) is 45.9 Å². The number of fused-ring (bicyclic) bond motifs is 5. The first kappa shape index (κ1) is 32.6. The Balaban J connectivity index is 1.21. The van der Waals surface area contributed by atoms with Crippen molar-refractivity contribution in [2.45, 2.75) is 101 Å². The molecule has 3 aromatic rings. The number of piperidine rings is 1. The van der Waals surface area contributed by atoms with Crippen molar-refractivity contribution in [1.29, 1.82) is 0 Å². The summed E-state index contributed by atoms with van der Waals surface area (Å²) in [5.41, 5.74) is 6.04.